The third-order valence-electron chi connectivity index (χ3n) is 4.13. The van der Waals surface area contributed by atoms with Gasteiger partial charge in [-0.1, -0.05) is 6.92 Å². The fourth-order valence-corrected chi connectivity index (χ4v) is 3.81. The summed E-state index contributed by atoms with van der Waals surface area (Å²) in [5.41, 5.74) is -0.429. The molecule has 5 heteroatoms. The van der Waals surface area contributed by atoms with Crippen molar-refractivity contribution >= 4 is 17.4 Å². The normalized spacial score (nSPS) is 22.2. The molecular weight excluding hydrogens is 308 g/mol. The van der Waals surface area contributed by atoms with Crippen LogP contribution in [0.4, 0.5) is 4.79 Å². The Labute approximate surface area is 144 Å². The van der Waals surface area contributed by atoms with Crippen molar-refractivity contribution in [2.24, 2.45) is 0 Å². The molecule has 2 unspecified atom stereocenters. The van der Waals surface area contributed by atoms with E-state index in [9.17, 15) is 4.79 Å². The summed E-state index contributed by atoms with van der Waals surface area (Å²) in [5.74, 6) is 0. The van der Waals surface area contributed by atoms with Crippen molar-refractivity contribution in [3.05, 3.63) is 21.9 Å². The van der Waals surface area contributed by atoms with Gasteiger partial charge in [0.1, 0.15) is 5.60 Å². The molecule has 1 aromatic heterocycles. The van der Waals surface area contributed by atoms with Gasteiger partial charge in [0.15, 0.2) is 0 Å². The van der Waals surface area contributed by atoms with Crippen LogP contribution in [0.25, 0.3) is 0 Å². The Balaban J connectivity index is 1.80. The van der Waals surface area contributed by atoms with Gasteiger partial charge in [-0.25, -0.2) is 4.79 Å². The summed E-state index contributed by atoms with van der Waals surface area (Å²) < 4.78 is 5.50. The van der Waals surface area contributed by atoms with E-state index in [0.29, 0.717) is 6.04 Å². The number of piperidine rings is 1. The maximum atomic E-state index is 12.2. The minimum Gasteiger partial charge on any atom is -0.444 e. The first-order chi connectivity index (χ1) is 10.8. The Morgan fingerprint density at radius 2 is 2.09 bits per heavy atom. The van der Waals surface area contributed by atoms with Gasteiger partial charge in [-0.2, -0.15) is 0 Å². The van der Waals surface area contributed by atoms with Crippen LogP contribution in [0.1, 0.15) is 57.2 Å². The zero-order valence-corrected chi connectivity index (χ0v) is 15.8. The van der Waals surface area contributed by atoms with Crippen LogP contribution in [0.5, 0.6) is 0 Å². The van der Waals surface area contributed by atoms with E-state index in [1.165, 1.54) is 9.75 Å². The predicted octanol–water partition coefficient (Wildman–Crippen LogP) is 4.19. The molecule has 23 heavy (non-hydrogen) atoms. The highest BCUT2D eigenvalue weighted by Crippen LogP contribution is 2.22. The van der Waals surface area contributed by atoms with Crippen LogP contribution in [0.2, 0.25) is 0 Å². The topological polar surface area (TPSA) is 41.6 Å². The van der Waals surface area contributed by atoms with E-state index in [-0.39, 0.29) is 12.1 Å². The van der Waals surface area contributed by atoms with Crippen molar-refractivity contribution in [1.29, 1.82) is 0 Å². The first-order valence-electron chi connectivity index (χ1n) is 8.59. The van der Waals surface area contributed by atoms with Crippen molar-refractivity contribution in [3.8, 4) is 0 Å². The number of nitrogens with zero attached hydrogens (tertiary/aromatic N) is 1. The summed E-state index contributed by atoms with van der Waals surface area (Å²) in [6, 6.07) is 5.12. The molecule has 2 heterocycles. The van der Waals surface area contributed by atoms with Crippen molar-refractivity contribution in [2.45, 2.75) is 78.1 Å². The van der Waals surface area contributed by atoms with E-state index in [4.69, 9.17) is 4.74 Å². The Kier molecular flexibility index (Phi) is 6.09. The van der Waals surface area contributed by atoms with Gasteiger partial charge in [0, 0.05) is 34.9 Å². The van der Waals surface area contributed by atoms with Crippen molar-refractivity contribution in [3.63, 3.8) is 0 Å². The van der Waals surface area contributed by atoms with Crippen LogP contribution in [0, 0.1) is 0 Å². The van der Waals surface area contributed by atoms with Gasteiger partial charge in [0.2, 0.25) is 0 Å². The van der Waals surface area contributed by atoms with E-state index in [2.05, 4.69) is 31.3 Å². The molecule has 1 aliphatic rings. The number of rotatable bonds is 4. The van der Waals surface area contributed by atoms with Crippen LogP contribution in [0.15, 0.2) is 12.1 Å². The summed E-state index contributed by atoms with van der Waals surface area (Å²) in [7, 11) is 0. The molecule has 0 saturated carbocycles. The van der Waals surface area contributed by atoms with Crippen molar-refractivity contribution in [1.82, 2.24) is 10.2 Å². The number of thiophene rings is 1. The molecular formula is C18H30N2O2S. The highest BCUT2D eigenvalue weighted by atomic mass is 32.1. The zero-order chi connectivity index (χ0) is 17.0. The van der Waals surface area contributed by atoms with Crippen molar-refractivity contribution in [2.75, 3.05) is 6.54 Å². The van der Waals surface area contributed by atoms with Gasteiger partial charge >= 0.3 is 6.09 Å². The minimum absolute atomic E-state index is 0.186. The maximum Gasteiger partial charge on any atom is 0.410 e. The van der Waals surface area contributed by atoms with Crippen LogP contribution in [-0.2, 0) is 17.7 Å². The molecule has 0 spiro atoms. The van der Waals surface area contributed by atoms with Gasteiger partial charge in [-0.3, -0.25) is 0 Å². The van der Waals surface area contributed by atoms with Gasteiger partial charge in [0.25, 0.3) is 0 Å². The molecule has 1 aliphatic heterocycles. The summed E-state index contributed by atoms with van der Waals surface area (Å²) >= 11 is 1.89. The number of nitrogens with one attached hydrogen (secondary N) is 1. The number of amides is 1. The molecule has 0 bridgehead atoms. The average molecular weight is 339 g/mol. The van der Waals surface area contributed by atoms with Gasteiger partial charge in [0.05, 0.1) is 0 Å². The van der Waals surface area contributed by atoms with E-state index in [0.717, 1.165) is 32.4 Å². The van der Waals surface area contributed by atoms with E-state index in [1.54, 1.807) is 0 Å². The van der Waals surface area contributed by atoms with Gasteiger partial charge in [-0.05, 0) is 59.1 Å². The number of ether oxygens (including phenoxy) is 1. The molecule has 2 atom stereocenters. The van der Waals surface area contributed by atoms with Crippen LogP contribution in [0.3, 0.4) is 0 Å². The third-order valence-corrected chi connectivity index (χ3v) is 5.36. The lowest BCUT2D eigenvalue weighted by Crippen LogP contribution is -2.50. The number of likely N-dealkylation sites (tertiary alicyclic amines) is 1. The second-order valence-corrected chi connectivity index (χ2v) is 8.60. The van der Waals surface area contributed by atoms with Crippen LogP contribution >= 0.6 is 11.3 Å². The smallest absolute Gasteiger partial charge is 0.410 e. The number of hydrogen-bond acceptors (Lipinski definition) is 4. The number of carbonyl (C=O) groups excluding carboxylic acids is 1. The Hall–Kier alpha value is -1.07. The molecule has 1 saturated heterocycles. The molecule has 1 aromatic rings. The largest absolute Gasteiger partial charge is 0.444 e. The maximum absolute atomic E-state index is 12.2. The second kappa shape index (κ2) is 7.67. The SMILES string of the molecule is CCc1ccc(CNC2CCN(C(=O)OC(C)(C)C)C(C)C2)s1. The molecule has 130 valence electrons. The lowest BCUT2D eigenvalue weighted by molar-refractivity contribution is 0.00933. The quantitative estimate of drug-likeness (QED) is 0.895. The summed E-state index contributed by atoms with van der Waals surface area (Å²) in [6.07, 6.45) is 2.88. The summed E-state index contributed by atoms with van der Waals surface area (Å²) in [6.45, 7) is 11.7. The zero-order valence-electron chi connectivity index (χ0n) is 15.0. The first-order valence-corrected chi connectivity index (χ1v) is 9.40. The highest BCUT2D eigenvalue weighted by Gasteiger charge is 2.31. The first kappa shape index (κ1) is 18.3. The van der Waals surface area contributed by atoms with Crippen LogP contribution in [-0.4, -0.2) is 35.2 Å². The van der Waals surface area contributed by atoms with E-state index < -0.39 is 5.60 Å². The van der Waals surface area contributed by atoms with Gasteiger partial charge < -0.3 is 15.0 Å². The molecule has 1 N–H and O–H groups in total. The standard InChI is InChI=1S/C18H30N2O2S/c1-6-15-7-8-16(23-15)12-19-14-9-10-20(13(2)11-14)17(21)22-18(3,4)5/h7-8,13-14,19H,6,9-12H2,1-5H3. The van der Waals surface area contributed by atoms with E-state index in [1.807, 2.05) is 37.0 Å². The lowest BCUT2D eigenvalue weighted by Gasteiger charge is -2.38. The third kappa shape index (κ3) is 5.50. The van der Waals surface area contributed by atoms with E-state index >= 15 is 0 Å². The van der Waals surface area contributed by atoms with Crippen molar-refractivity contribution < 1.29 is 9.53 Å². The molecule has 4 nitrogen and oxygen atoms in total. The average Bonchev–Trinajstić information content (AvgIpc) is 2.91. The fraction of sp³-hybridized carbons (Fsp3) is 0.722. The molecule has 1 fully saturated rings. The Morgan fingerprint density at radius 1 is 1.39 bits per heavy atom. The predicted molar refractivity (Wildman–Crippen MR) is 96.0 cm³/mol. The molecule has 0 radical (unpaired) electrons. The van der Waals surface area contributed by atoms with Gasteiger partial charge in [-0.15, -0.1) is 11.3 Å². The Bertz CT molecular complexity index is 521. The lowest BCUT2D eigenvalue weighted by atomic mass is 9.98. The summed E-state index contributed by atoms with van der Waals surface area (Å²) in [4.78, 5) is 16.9. The molecule has 0 aromatic carbocycles. The highest BCUT2D eigenvalue weighted by molar-refractivity contribution is 7.11. The van der Waals surface area contributed by atoms with Crippen LogP contribution < -0.4 is 5.32 Å². The monoisotopic (exact) mass is 338 g/mol. The second-order valence-electron chi connectivity index (χ2n) is 7.35. The summed E-state index contributed by atoms with van der Waals surface area (Å²) in [5, 5.41) is 3.65. The number of aryl methyl sites for hydroxylation is 1. The Morgan fingerprint density at radius 3 is 2.65 bits per heavy atom. The molecule has 0 aliphatic carbocycles. The number of hydrogen-bond donors (Lipinski definition) is 1. The molecule has 1 amide bonds. The molecule has 2 rings (SSSR count). The number of carbonyl (C=O) groups is 1. The minimum atomic E-state index is -0.429. The fourth-order valence-electron chi connectivity index (χ4n) is 2.90.